The first kappa shape index (κ1) is 27.9. The summed E-state index contributed by atoms with van der Waals surface area (Å²) in [5.41, 5.74) is 6.71. The molecule has 4 N–H and O–H groups in total. The van der Waals surface area contributed by atoms with E-state index >= 15 is 0 Å². The highest BCUT2D eigenvalue weighted by atomic mass is 35.5. The molecule has 1 heterocycles. The summed E-state index contributed by atoms with van der Waals surface area (Å²) < 4.78 is 47.4. The van der Waals surface area contributed by atoms with Gasteiger partial charge in [0.25, 0.3) is 5.91 Å². The molecular formula is C26H31ClFN5O4S. The number of nitrogens with zero attached hydrogens (tertiary/aromatic N) is 2. The van der Waals surface area contributed by atoms with Gasteiger partial charge in [0, 0.05) is 59.8 Å². The number of halogens is 2. The number of carbonyl (C=O) groups is 1. The van der Waals surface area contributed by atoms with Gasteiger partial charge in [-0.05, 0) is 49.2 Å². The van der Waals surface area contributed by atoms with Crippen molar-refractivity contribution in [1.82, 2.24) is 9.21 Å². The van der Waals surface area contributed by atoms with Crippen molar-refractivity contribution in [2.75, 3.05) is 43.8 Å². The molecule has 1 aliphatic heterocycles. The molecule has 2 aromatic carbocycles. The number of allylic oxidation sites excluding steroid dienone is 1. The van der Waals surface area contributed by atoms with Crippen molar-refractivity contribution in [3.8, 4) is 0 Å². The van der Waals surface area contributed by atoms with E-state index in [1.54, 1.807) is 29.2 Å². The van der Waals surface area contributed by atoms with Gasteiger partial charge in [0.15, 0.2) is 0 Å². The lowest BCUT2D eigenvalue weighted by Gasteiger charge is -2.36. The lowest BCUT2D eigenvalue weighted by molar-refractivity contribution is -0.116. The number of anilines is 2. The second-order valence-electron chi connectivity index (χ2n) is 9.92. The van der Waals surface area contributed by atoms with Crippen LogP contribution in [0.5, 0.6) is 0 Å². The van der Waals surface area contributed by atoms with Crippen molar-refractivity contribution in [3.63, 3.8) is 0 Å². The van der Waals surface area contributed by atoms with Gasteiger partial charge < -0.3 is 26.1 Å². The summed E-state index contributed by atoms with van der Waals surface area (Å²) in [4.78, 5) is 15.0. The van der Waals surface area contributed by atoms with Crippen LogP contribution >= 0.6 is 11.6 Å². The van der Waals surface area contributed by atoms with Crippen LogP contribution in [0, 0.1) is 16.6 Å². The fraction of sp³-hybridized carbons (Fsp3) is 0.385. The molecule has 0 bridgehead atoms. The SMILES string of the molecule is CC1(CO/C(C(=O)Nc2cccc(Cl)c2)=C(/C=N)N2CCN(S(=O)(=O)Cc3cc(N)ccc3F)CC2)CC1. The Labute approximate surface area is 226 Å². The minimum absolute atomic E-state index is 0.00811. The summed E-state index contributed by atoms with van der Waals surface area (Å²) in [5.74, 6) is -1.67. The van der Waals surface area contributed by atoms with Gasteiger partial charge in [-0.15, -0.1) is 0 Å². The highest BCUT2D eigenvalue weighted by Crippen LogP contribution is 2.45. The number of nitrogens with two attached hydrogens (primary N) is 1. The van der Waals surface area contributed by atoms with Crippen molar-refractivity contribution in [2.24, 2.45) is 5.41 Å². The maximum atomic E-state index is 14.1. The number of ether oxygens (including phenoxy) is 1. The predicted octanol–water partition coefficient (Wildman–Crippen LogP) is 3.83. The molecule has 0 atom stereocenters. The van der Waals surface area contributed by atoms with Gasteiger partial charge in [0.05, 0.1) is 12.4 Å². The molecule has 2 fully saturated rings. The molecule has 2 aromatic rings. The second-order valence-corrected chi connectivity index (χ2v) is 12.3. The largest absolute Gasteiger partial charge is 0.486 e. The Morgan fingerprint density at radius 3 is 2.55 bits per heavy atom. The zero-order chi connectivity index (χ0) is 27.5. The average molecular weight is 564 g/mol. The van der Waals surface area contributed by atoms with Gasteiger partial charge in [0.2, 0.25) is 15.8 Å². The van der Waals surface area contributed by atoms with E-state index in [-0.39, 0.29) is 54.3 Å². The maximum absolute atomic E-state index is 14.1. The lowest BCUT2D eigenvalue weighted by atomic mass is 10.2. The van der Waals surface area contributed by atoms with E-state index in [2.05, 4.69) is 12.2 Å². The van der Waals surface area contributed by atoms with Crippen LogP contribution in [-0.4, -0.2) is 62.5 Å². The van der Waals surface area contributed by atoms with Gasteiger partial charge in [0.1, 0.15) is 11.5 Å². The molecule has 0 unspecified atom stereocenters. The van der Waals surface area contributed by atoms with Crippen LogP contribution in [-0.2, 0) is 25.3 Å². The zero-order valence-electron chi connectivity index (χ0n) is 21.0. The van der Waals surface area contributed by atoms with Crippen molar-refractivity contribution in [3.05, 3.63) is 70.3 Å². The van der Waals surface area contributed by atoms with E-state index in [9.17, 15) is 17.6 Å². The van der Waals surface area contributed by atoms with Crippen LogP contribution in [0.1, 0.15) is 25.3 Å². The fourth-order valence-corrected chi connectivity index (χ4v) is 5.82. The Balaban J connectivity index is 1.50. The van der Waals surface area contributed by atoms with E-state index < -0.39 is 27.5 Å². The highest BCUT2D eigenvalue weighted by molar-refractivity contribution is 7.88. The molecule has 9 nitrogen and oxygen atoms in total. The Hall–Kier alpha value is -3.15. The minimum atomic E-state index is -3.82. The normalized spacial score (nSPS) is 17.9. The topological polar surface area (TPSA) is 129 Å². The van der Waals surface area contributed by atoms with Crippen molar-refractivity contribution in [2.45, 2.75) is 25.5 Å². The Morgan fingerprint density at radius 2 is 1.92 bits per heavy atom. The number of sulfonamides is 1. The van der Waals surface area contributed by atoms with E-state index in [1.807, 2.05) is 0 Å². The van der Waals surface area contributed by atoms with Crippen LogP contribution < -0.4 is 11.1 Å². The number of carbonyl (C=O) groups excluding carboxylic acids is 1. The lowest BCUT2D eigenvalue weighted by Crippen LogP contribution is -2.49. The summed E-state index contributed by atoms with van der Waals surface area (Å²) >= 11 is 6.05. The van der Waals surface area contributed by atoms with Crippen LogP contribution in [0.3, 0.4) is 0 Å². The molecule has 0 radical (unpaired) electrons. The third-order valence-electron chi connectivity index (χ3n) is 6.71. The summed E-state index contributed by atoms with van der Waals surface area (Å²) in [7, 11) is -3.82. The molecular weight excluding hydrogens is 533 g/mol. The molecule has 1 saturated carbocycles. The van der Waals surface area contributed by atoms with E-state index in [4.69, 9.17) is 27.5 Å². The smallest absolute Gasteiger partial charge is 0.293 e. The van der Waals surface area contributed by atoms with Crippen LogP contribution in [0.15, 0.2) is 53.9 Å². The number of piperazine rings is 1. The fourth-order valence-electron chi connectivity index (χ4n) is 4.11. The molecule has 0 spiro atoms. The molecule has 204 valence electrons. The highest BCUT2D eigenvalue weighted by Gasteiger charge is 2.39. The third-order valence-corrected chi connectivity index (χ3v) is 8.77. The average Bonchev–Trinajstić information content (AvgIpc) is 3.61. The Kier molecular flexibility index (Phi) is 8.29. The first-order valence-electron chi connectivity index (χ1n) is 12.2. The summed E-state index contributed by atoms with van der Waals surface area (Å²) in [6, 6.07) is 10.5. The first-order chi connectivity index (χ1) is 18.0. The quantitative estimate of drug-likeness (QED) is 0.174. The maximum Gasteiger partial charge on any atom is 0.293 e. The number of rotatable bonds is 10. The van der Waals surface area contributed by atoms with E-state index in [0.717, 1.165) is 25.1 Å². The summed E-state index contributed by atoms with van der Waals surface area (Å²) in [5, 5.41) is 11.3. The van der Waals surface area contributed by atoms with Crippen molar-refractivity contribution < 1.29 is 22.3 Å². The van der Waals surface area contributed by atoms with Gasteiger partial charge >= 0.3 is 0 Å². The number of benzene rings is 2. The summed E-state index contributed by atoms with van der Waals surface area (Å²) in [6.45, 7) is 3.03. The monoisotopic (exact) mass is 563 g/mol. The molecule has 2 aliphatic rings. The second kappa shape index (κ2) is 11.3. The molecule has 0 aromatic heterocycles. The van der Waals surface area contributed by atoms with Crippen molar-refractivity contribution >= 4 is 45.1 Å². The zero-order valence-corrected chi connectivity index (χ0v) is 22.6. The Morgan fingerprint density at radius 1 is 1.21 bits per heavy atom. The number of hydrogen-bond donors (Lipinski definition) is 3. The summed E-state index contributed by atoms with van der Waals surface area (Å²) in [6.07, 6.45) is 3.02. The third kappa shape index (κ3) is 6.83. The molecule has 38 heavy (non-hydrogen) atoms. The number of nitrogens with one attached hydrogen (secondary N) is 2. The van der Waals surface area contributed by atoms with E-state index in [0.29, 0.717) is 17.3 Å². The number of hydrogen-bond acceptors (Lipinski definition) is 7. The van der Waals surface area contributed by atoms with Crippen molar-refractivity contribution in [1.29, 1.82) is 5.41 Å². The first-order valence-corrected chi connectivity index (χ1v) is 14.2. The van der Waals surface area contributed by atoms with Gasteiger partial charge in [-0.1, -0.05) is 24.6 Å². The van der Waals surface area contributed by atoms with Crippen LogP contribution in [0.4, 0.5) is 15.8 Å². The van der Waals surface area contributed by atoms with Crippen LogP contribution in [0.2, 0.25) is 5.02 Å². The predicted molar refractivity (Wildman–Crippen MR) is 146 cm³/mol. The molecule has 12 heteroatoms. The Bertz CT molecular complexity index is 1360. The van der Waals surface area contributed by atoms with E-state index in [1.165, 1.54) is 16.4 Å². The molecule has 1 amide bonds. The molecule has 4 rings (SSSR count). The van der Waals surface area contributed by atoms with Gasteiger partial charge in [-0.3, -0.25) is 4.79 Å². The molecule has 1 saturated heterocycles. The van der Waals surface area contributed by atoms with Crippen LogP contribution in [0.25, 0.3) is 0 Å². The van der Waals surface area contributed by atoms with Gasteiger partial charge in [-0.25, -0.2) is 12.8 Å². The van der Waals surface area contributed by atoms with Gasteiger partial charge in [-0.2, -0.15) is 4.31 Å². The standard InChI is InChI=1S/C26H31ClFN5O4S/c1-26(7-8-26)17-37-24(25(34)31-21-4-2-3-19(27)14-21)23(15-29)32-9-11-33(12-10-32)38(35,36)16-18-13-20(30)5-6-22(18)28/h2-6,13-15,29H,7-12,16-17,30H2,1H3,(H,31,34)/b24-23-,29-15?. The number of nitrogen functional groups attached to an aromatic ring is 1. The molecule has 1 aliphatic carbocycles. The number of amides is 1. The minimum Gasteiger partial charge on any atom is -0.486 e.